The first kappa shape index (κ1) is 19.2. The minimum Gasteiger partial charge on any atom is -0.373 e. The maximum atomic E-state index is 13.5. The molecule has 0 radical (unpaired) electrons. The Morgan fingerprint density at radius 2 is 2.18 bits per heavy atom. The molecule has 4 nitrogen and oxygen atoms in total. The van der Waals surface area contributed by atoms with Gasteiger partial charge in [-0.05, 0) is 43.9 Å². The highest BCUT2D eigenvalue weighted by Gasteiger charge is 2.29. The fourth-order valence-corrected chi connectivity index (χ4v) is 2.40. The molecular weight excluding hydrogens is 396 g/mol. The van der Waals surface area contributed by atoms with Gasteiger partial charge in [0.15, 0.2) is 5.96 Å². The zero-order chi connectivity index (χ0) is 15.3. The van der Waals surface area contributed by atoms with Gasteiger partial charge in [-0.25, -0.2) is 4.39 Å². The third-order valence-corrected chi connectivity index (χ3v) is 3.85. The summed E-state index contributed by atoms with van der Waals surface area (Å²) in [4.78, 5) is 4.18. The SMILES string of the molecule is CN=C(NCc1ccc(C)c(F)c1)NCC1(C)CCCO1.I. The number of rotatable bonds is 4. The van der Waals surface area contributed by atoms with E-state index >= 15 is 0 Å². The molecule has 1 fully saturated rings. The Hall–Kier alpha value is -0.890. The van der Waals surface area contributed by atoms with Crippen LogP contribution in [-0.2, 0) is 11.3 Å². The van der Waals surface area contributed by atoms with Crippen LogP contribution in [0.1, 0.15) is 30.9 Å². The summed E-state index contributed by atoms with van der Waals surface area (Å²) in [5.41, 5.74) is 1.44. The summed E-state index contributed by atoms with van der Waals surface area (Å²) in [6.45, 7) is 5.95. The molecule has 6 heteroatoms. The van der Waals surface area contributed by atoms with Gasteiger partial charge in [0.05, 0.1) is 5.60 Å². The smallest absolute Gasteiger partial charge is 0.191 e. The Bertz CT molecular complexity index is 516. The summed E-state index contributed by atoms with van der Waals surface area (Å²) in [5.74, 6) is 0.525. The Kier molecular flexibility index (Phi) is 7.55. The minimum atomic E-state index is -0.177. The van der Waals surface area contributed by atoms with E-state index in [4.69, 9.17) is 4.74 Å². The summed E-state index contributed by atoms with van der Waals surface area (Å²) in [6.07, 6.45) is 2.16. The molecule has 2 N–H and O–H groups in total. The van der Waals surface area contributed by atoms with Crippen LogP contribution in [0.5, 0.6) is 0 Å². The van der Waals surface area contributed by atoms with Gasteiger partial charge in [0, 0.05) is 26.7 Å². The van der Waals surface area contributed by atoms with Gasteiger partial charge in [0.2, 0.25) is 0 Å². The number of hydrogen-bond donors (Lipinski definition) is 2. The molecule has 1 aromatic rings. The highest BCUT2D eigenvalue weighted by Crippen LogP contribution is 2.23. The van der Waals surface area contributed by atoms with Crippen LogP contribution < -0.4 is 10.6 Å². The van der Waals surface area contributed by atoms with Crippen molar-refractivity contribution in [3.8, 4) is 0 Å². The van der Waals surface area contributed by atoms with Gasteiger partial charge in [-0.15, -0.1) is 24.0 Å². The molecule has 1 atom stereocenters. The van der Waals surface area contributed by atoms with E-state index in [9.17, 15) is 4.39 Å². The third-order valence-electron chi connectivity index (χ3n) is 3.85. The Labute approximate surface area is 148 Å². The first-order chi connectivity index (χ1) is 10.0. The maximum Gasteiger partial charge on any atom is 0.191 e. The topological polar surface area (TPSA) is 45.7 Å². The van der Waals surface area contributed by atoms with E-state index in [0.717, 1.165) is 31.6 Å². The van der Waals surface area contributed by atoms with Crippen molar-refractivity contribution in [3.63, 3.8) is 0 Å². The van der Waals surface area contributed by atoms with Crippen LogP contribution in [0, 0.1) is 12.7 Å². The quantitative estimate of drug-likeness (QED) is 0.447. The number of ether oxygens (including phenoxy) is 1. The van der Waals surface area contributed by atoms with Crippen LogP contribution in [-0.4, -0.2) is 31.8 Å². The zero-order valence-corrected chi connectivity index (χ0v) is 15.7. The van der Waals surface area contributed by atoms with E-state index in [2.05, 4.69) is 22.5 Å². The maximum absolute atomic E-state index is 13.5. The summed E-state index contributed by atoms with van der Waals surface area (Å²) < 4.78 is 19.2. The molecule has 0 aromatic heterocycles. The molecule has 0 amide bonds. The fourth-order valence-electron chi connectivity index (χ4n) is 2.40. The Morgan fingerprint density at radius 1 is 1.41 bits per heavy atom. The van der Waals surface area contributed by atoms with Crippen molar-refractivity contribution in [2.75, 3.05) is 20.2 Å². The van der Waals surface area contributed by atoms with E-state index in [1.165, 1.54) is 0 Å². The summed E-state index contributed by atoms with van der Waals surface area (Å²) in [7, 11) is 1.73. The van der Waals surface area contributed by atoms with Crippen LogP contribution in [0.2, 0.25) is 0 Å². The molecule has 0 spiro atoms. The van der Waals surface area contributed by atoms with Crippen LogP contribution in [0.25, 0.3) is 0 Å². The van der Waals surface area contributed by atoms with Crippen molar-refractivity contribution in [3.05, 3.63) is 35.1 Å². The molecule has 1 saturated heterocycles. The normalized spacial score (nSPS) is 21.4. The number of aryl methyl sites for hydroxylation is 1. The lowest BCUT2D eigenvalue weighted by Crippen LogP contribution is -2.45. The van der Waals surface area contributed by atoms with E-state index in [1.807, 2.05) is 6.07 Å². The molecule has 124 valence electrons. The summed E-state index contributed by atoms with van der Waals surface area (Å²) in [5, 5.41) is 6.46. The van der Waals surface area contributed by atoms with E-state index < -0.39 is 0 Å². The standard InChI is InChI=1S/C16H24FN3O.HI/c1-12-5-6-13(9-14(12)17)10-19-15(18-3)20-11-16(2)7-4-8-21-16;/h5-6,9H,4,7-8,10-11H2,1-3H3,(H2,18,19,20);1H. The van der Waals surface area contributed by atoms with Crippen molar-refractivity contribution >= 4 is 29.9 Å². The number of aliphatic imine (C=N–C) groups is 1. The number of benzene rings is 1. The van der Waals surface area contributed by atoms with Gasteiger partial charge in [-0.2, -0.15) is 0 Å². The van der Waals surface area contributed by atoms with Crippen molar-refractivity contribution in [2.24, 2.45) is 4.99 Å². The summed E-state index contributed by atoms with van der Waals surface area (Å²) in [6, 6.07) is 5.26. The second kappa shape index (κ2) is 8.67. The van der Waals surface area contributed by atoms with Crippen LogP contribution in [0.4, 0.5) is 4.39 Å². The fraction of sp³-hybridized carbons (Fsp3) is 0.562. The zero-order valence-electron chi connectivity index (χ0n) is 13.4. The molecule has 0 aliphatic carbocycles. The average molecular weight is 421 g/mol. The van der Waals surface area contributed by atoms with Crippen molar-refractivity contribution in [2.45, 2.75) is 38.8 Å². The molecule has 0 bridgehead atoms. The Morgan fingerprint density at radius 3 is 2.77 bits per heavy atom. The largest absolute Gasteiger partial charge is 0.373 e. The predicted molar refractivity (Wildman–Crippen MR) is 98.3 cm³/mol. The molecule has 22 heavy (non-hydrogen) atoms. The van der Waals surface area contributed by atoms with Gasteiger partial charge in [-0.1, -0.05) is 12.1 Å². The molecule has 0 saturated carbocycles. The average Bonchev–Trinajstić information content (AvgIpc) is 2.90. The van der Waals surface area contributed by atoms with Gasteiger partial charge in [0.25, 0.3) is 0 Å². The van der Waals surface area contributed by atoms with Crippen LogP contribution >= 0.6 is 24.0 Å². The van der Waals surface area contributed by atoms with Crippen LogP contribution in [0.15, 0.2) is 23.2 Å². The van der Waals surface area contributed by atoms with E-state index in [1.54, 1.807) is 26.1 Å². The lowest BCUT2D eigenvalue weighted by Gasteiger charge is -2.24. The second-order valence-corrected chi connectivity index (χ2v) is 5.76. The summed E-state index contributed by atoms with van der Waals surface area (Å²) >= 11 is 0. The third kappa shape index (κ3) is 5.39. The molecule has 1 unspecified atom stereocenters. The lowest BCUT2D eigenvalue weighted by atomic mass is 10.0. The molecular formula is C16H25FIN3O. The second-order valence-electron chi connectivity index (χ2n) is 5.76. The molecule has 1 aromatic carbocycles. The lowest BCUT2D eigenvalue weighted by molar-refractivity contribution is 0.0243. The van der Waals surface area contributed by atoms with Crippen LogP contribution in [0.3, 0.4) is 0 Å². The monoisotopic (exact) mass is 421 g/mol. The van der Waals surface area contributed by atoms with Crippen molar-refractivity contribution in [1.82, 2.24) is 10.6 Å². The molecule has 1 aliphatic rings. The Balaban J connectivity index is 0.00000242. The van der Waals surface area contributed by atoms with Gasteiger partial charge in [0.1, 0.15) is 5.82 Å². The van der Waals surface area contributed by atoms with Gasteiger partial charge < -0.3 is 15.4 Å². The molecule has 2 rings (SSSR count). The number of halogens is 2. The van der Waals surface area contributed by atoms with E-state index in [0.29, 0.717) is 18.1 Å². The van der Waals surface area contributed by atoms with Crippen molar-refractivity contribution < 1.29 is 9.13 Å². The highest BCUT2D eigenvalue weighted by atomic mass is 127. The van der Waals surface area contributed by atoms with Gasteiger partial charge in [-0.3, -0.25) is 4.99 Å². The molecule has 1 aliphatic heterocycles. The minimum absolute atomic E-state index is 0. The van der Waals surface area contributed by atoms with Crippen molar-refractivity contribution in [1.29, 1.82) is 0 Å². The highest BCUT2D eigenvalue weighted by molar-refractivity contribution is 14.0. The number of nitrogens with one attached hydrogen (secondary N) is 2. The molecule has 1 heterocycles. The van der Waals surface area contributed by atoms with Gasteiger partial charge >= 0.3 is 0 Å². The van der Waals surface area contributed by atoms with E-state index in [-0.39, 0.29) is 35.4 Å². The number of guanidine groups is 1. The first-order valence-corrected chi connectivity index (χ1v) is 7.36. The number of nitrogens with zero attached hydrogens (tertiary/aromatic N) is 1. The predicted octanol–water partition coefficient (Wildman–Crippen LogP) is 2.99. The first-order valence-electron chi connectivity index (χ1n) is 7.36. The number of hydrogen-bond acceptors (Lipinski definition) is 2.